The molecular formula is C19H30IN3O3. The van der Waals surface area contributed by atoms with E-state index in [2.05, 4.69) is 15.2 Å². The van der Waals surface area contributed by atoms with Crippen molar-refractivity contribution in [2.24, 2.45) is 4.99 Å². The van der Waals surface area contributed by atoms with Gasteiger partial charge in [0, 0.05) is 33.3 Å². The average Bonchev–Trinajstić information content (AvgIpc) is 3.20. The Morgan fingerprint density at radius 1 is 1.23 bits per heavy atom. The van der Waals surface area contributed by atoms with Gasteiger partial charge in [0.25, 0.3) is 0 Å². The van der Waals surface area contributed by atoms with E-state index < -0.39 is 0 Å². The minimum atomic E-state index is 0. The molecule has 3 rings (SSSR count). The molecule has 2 atom stereocenters. The number of morpholine rings is 1. The first-order valence-corrected chi connectivity index (χ1v) is 9.23. The van der Waals surface area contributed by atoms with Gasteiger partial charge in [-0.05, 0) is 31.4 Å². The second-order valence-corrected chi connectivity index (χ2v) is 6.40. The molecule has 0 amide bonds. The Morgan fingerprint density at radius 2 is 2.04 bits per heavy atom. The zero-order valence-electron chi connectivity index (χ0n) is 15.4. The maximum absolute atomic E-state index is 5.91. The van der Waals surface area contributed by atoms with Crippen molar-refractivity contribution in [3.8, 4) is 5.75 Å². The summed E-state index contributed by atoms with van der Waals surface area (Å²) in [6.45, 7) is 4.81. The third-order valence-corrected chi connectivity index (χ3v) is 4.60. The van der Waals surface area contributed by atoms with E-state index in [9.17, 15) is 0 Å². The van der Waals surface area contributed by atoms with Crippen molar-refractivity contribution in [3.63, 3.8) is 0 Å². The maximum Gasteiger partial charge on any atom is 0.193 e. The number of nitrogens with one attached hydrogen (secondary N) is 1. The highest BCUT2D eigenvalue weighted by Crippen LogP contribution is 2.21. The van der Waals surface area contributed by atoms with Crippen LogP contribution in [0.25, 0.3) is 0 Å². The topological polar surface area (TPSA) is 55.3 Å². The molecule has 2 heterocycles. The molecule has 2 unspecified atom stereocenters. The molecule has 1 aromatic carbocycles. The van der Waals surface area contributed by atoms with Crippen molar-refractivity contribution in [1.29, 1.82) is 0 Å². The standard InChI is InChI=1S/C19H29N3O3.HI/c1-20-19(21-10-6-13-23-16-7-3-2-4-8-16)22-11-14-25-18(15-22)17-9-5-12-24-17;/h2-4,7-8,17-18H,5-6,9-15H2,1H3,(H,20,21);1H. The fourth-order valence-electron chi connectivity index (χ4n) is 3.30. The zero-order valence-corrected chi connectivity index (χ0v) is 17.8. The fraction of sp³-hybridized carbons (Fsp3) is 0.632. The van der Waals surface area contributed by atoms with Crippen LogP contribution >= 0.6 is 24.0 Å². The van der Waals surface area contributed by atoms with Gasteiger partial charge in [0.05, 0.1) is 19.3 Å². The molecular weight excluding hydrogens is 445 g/mol. The van der Waals surface area contributed by atoms with Gasteiger partial charge in [0.15, 0.2) is 5.96 Å². The summed E-state index contributed by atoms with van der Waals surface area (Å²) in [4.78, 5) is 6.69. The zero-order chi connectivity index (χ0) is 17.3. The molecule has 1 aromatic rings. The molecule has 2 aliphatic rings. The highest BCUT2D eigenvalue weighted by molar-refractivity contribution is 14.0. The third-order valence-electron chi connectivity index (χ3n) is 4.60. The molecule has 2 fully saturated rings. The lowest BCUT2D eigenvalue weighted by molar-refractivity contribution is -0.0816. The van der Waals surface area contributed by atoms with Crippen molar-refractivity contribution in [1.82, 2.24) is 10.2 Å². The lowest BCUT2D eigenvalue weighted by Gasteiger charge is -2.37. The SMILES string of the molecule is CN=C(NCCCOc1ccccc1)N1CCOC(C2CCCO2)C1.I. The van der Waals surface area contributed by atoms with Crippen LogP contribution < -0.4 is 10.1 Å². The Labute approximate surface area is 173 Å². The number of ether oxygens (including phenoxy) is 3. The Hall–Kier alpha value is -1.06. The van der Waals surface area contributed by atoms with E-state index in [-0.39, 0.29) is 36.2 Å². The fourth-order valence-corrected chi connectivity index (χ4v) is 3.30. The van der Waals surface area contributed by atoms with E-state index in [0.29, 0.717) is 6.61 Å². The number of benzene rings is 1. The number of halogens is 1. The predicted octanol–water partition coefficient (Wildman–Crippen LogP) is 2.53. The monoisotopic (exact) mass is 475 g/mol. The summed E-state index contributed by atoms with van der Waals surface area (Å²) in [6, 6.07) is 9.91. The maximum atomic E-state index is 5.91. The van der Waals surface area contributed by atoms with Gasteiger partial charge in [0.1, 0.15) is 11.9 Å². The quantitative estimate of drug-likeness (QED) is 0.297. The molecule has 2 aliphatic heterocycles. The second-order valence-electron chi connectivity index (χ2n) is 6.40. The number of rotatable bonds is 6. The van der Waals surface area contributed by atoms with E-state index in [1.165, 1.54) is 0 Å². The largest absolute Gasteiger partial charge is 0.494 e. The van der Waals surface area contributed by atoms with Crippen molar-refractivity contribution >= 4 is 29.9 Å². The number of nitrogens with zero attached hydrogens (tertiary/aromatic N) is 2. The van der Waals surface area contributed by atoms with E-state index in [1.54, 1.807) is 0 Å². The highest BCUT2D eigenvalue weighted by Gasteiger charge is 2.32. The Balaban J connectivity index is 0.00000243. The molecule has 0 spiro atoms. The van der Waals surface area contributed by atoms with Gasteiger partial charge in [-0.15, -0.1) is 24.0 Å². The Kier molecular flexibility index (Phi) is 9.49. The average molecular weight is 475 g/mol. The minimum Gasteiger partial charge on any atom is -0.494 e. The normalized spacial score (nSPS) is 23.4. The second kappa shape index (κ2) is 11.6. The van der Waals surface area contributed by atoms with E-state index in [4.69, 9.17) is 14.2 Å². The molecule has 26 heavy (non-hydrogen) atoms. The molecule has 0 bridgehead atoms. The summed E-state index contributed by atoms with van der Waals surface area (Å²) in [5.74, 6) is 1.85. The number of hydrogen-bond acceptors (Lipinski definition) is 4. The molecule has 1 N–H and O–H groups in total. The van der Waals surface area contributed by atoms with Crippen molar-refractivity contribution < 1.29 is 14.2 Å². The van der Waals surface area contributed by atoms with Gasteiger partial charge in [-0.25, -0.2) is 0 Å². The van der Waals surface area contributed by atoms with Gasteiger partial charge < -0.3 is 24.4 Å². The van der Waals surface area contributed by atoms with Crippen LogP contribution in [0, 0.1) is 0 Å². The van der Waals surface area contributed by atoms with Crippen LogP contribution in [0.4, 0.5) is 0 Å². The van der Waals surface area contributed by atoms with Gasteiger partial charge in [-0.2, -0.15) is 0 Å². The summed E-state index contributed by atoms with van der Waals surface area (Å²) in [7, 11) is 1.83. The molecule has 146 valence electrons. The van der Waals surface area contributed by atoms with Crippen molar-refractivity contribution in [2.45, 2.75) is 31.5 Å². The first-order chi connectivity index (χ1) is 12.4. The summed E-state index contributed by atoms with van der Waals surface area (Å²) >= 11 is 0. The first kappa shape index (κ1) is 21.2. The van der Waals surface area contributed by atoms with E-state index >= 15 is 0 Å². The van der Waals surface area contributed by atoms with E-state index in [1.807, 2.05) is 37.4 Å². The van der Waals surface area contributed by atoms with Crippen LogP contribution in [0.2, 0.25) is 0 Å². The van der Waals surface area contributed by atoms with Crippen molar-refractivity contribution in [3.05, 3.63) is 30.3 Å². The third kappa shape index (κ3) is 6.28. The lowest BCUT2D eigenvalue weighted by atomic mass is 10.1. The summed E-state index contributed by atoms with van der Waals surface area (Å²) < 4.78 is 17.4. The summed E-state index contributed by atoms with van der Waals surface area (Å²) in [5.41, 5.74) is 0. The minimum absolute atomic E-state index is 0. The number of hydrogen-bond donors (Lipinski definition) is 1. The highest BCUT2D eigenvalue weighted by atomic mass is 127. The van der Waals surface area contributed by atoms with Crippen molar-refractivity contribution in [2.75, 3.05) is 46.5 Å². The summed E-state index contributed by atoms with van der Waals surface area (Å²) in [5, 5.41) is 3.44. The van der Waals surface area contributed by atoms with Gasteiger partial charge in [-0.1, -0.05) is 18.2 Å². The van der Waals surface area contributed by atoms with Gasteiger partial charge in [0.2, 0.25) is 0 Å². The predicted molar refractivity (Wildman–Crippen MR) is 114 cm³/mol. The molecule has 7 heteroatoms. The van der Waals surface area contributed by atoms with Crippen LogP contribution in [-0.2, 0) is 9.47 Å². The molecule has 0 aliphatic carbocycles. The molecule has 6 nitrogen and oxygen atoms in total. The Bertz CT molecular complexity index is 538. The summed E-state index contributed by atoms with van der Waals surface area (Å²) in [6.07, 6.45) is 3.55. The number of guanidine groups is 1. The first-order valence-electron chi connectivity index (χ1n) is 9.23. The smallest absolute Gasteiger partial charge is 0.193 e. The van der Waals surface area contributed by atoms with Crippen LogP contribution in [0.15, 0.2) is 35.3 Å². The molecule has 0 radical (unpaired) electrons. The van der Waals surface area contributed by atoms with Gasteiger partial charge in [-0.3, -0.25) is 4.99 Å². The number of para-hydroxylation sites is 1. The van der Waals surface area contributed by atoms with E-state index in [0.717, 1.165) is 63.8 Å². The number of aliphatic imine (C=N–C) groups is 1. The molecule has 2 saturated heterocycles. The molecule has 0 saturated carbocycles. The lowest BCUT2D eigenvalue weighted by Crippen LogP contribution is -2.53. The van der Waals surface area contributed by atoms with Gasteiger partial charge >= 0.3 is 0 Å². The van der Waals surface area contributed by atoms with Crippen LogP contribution in [0.1, 0.15) is 19.3 Å². The van der Waals surface area contributed by atoms with Crippen LogP contribution in [0.5, 0.6) is 5.75 Å². The van der Waals surface area contributed by atoms with Crippen LogP contribution in [0.3, 0.4) is 0 Å². The van der Waals surface area contributed by atoms with Crippen LogP contribution in [-0.4, -0.2) is 69.6 Å². The Morgan fingerprint density at radius 3 is 2.77 bits per heavy atom. The molecule has 0 aromatic heterocycles.